The van der Waals surface area contributed by atoms with Gasteiger partial charge in [0, 0.05) is 45.3 Å². The second kappa shape index (κ2) is 11.3. The highest BCUT2D eigenvalue weighted by Gasteiger charge is 2.32. The van der Waals surface area contributed by atoms with Crippen LogP contribution < -0.4 is 16.6 Å². The van der Waals surface area contributed by atoms with Gasteiger partial charge in [0.15, 0.2) is 17.3 Å². The van der Waals surface area contributed by atoms with Crippen molar-refractivity contribution in [1.29, 1.82) is 0 Å². The van der Waals surface area contributed by atoms with Gasteiger partial charge in [0.05, 0.1) is 5.25 Å². The number of rotatable bonds is 8. The number of furan rings is 1. The number of aromatic nitrogens is 5. The van der Waals surface area contributed by atoms with Crippen LogP contribution in [0.15, 0.2) is 50.4 Å². The predicted octanol–water partition coefficient (Wildman–Crippen LogP) is 2.64. The number of hydrogen-bond acceptors (Lipinski definition) is 9. The average Bonchev–Trinajstić information content (AvgIpc) is 3.45. The molecule has 0 amide bonds. The largest absolute Gasteiger partial charge is 0.453 e. The van der Waals surface area contributed by atoms with E-state index in [0.717, 1.165) is 28.5 Å². The van der Waals surface area contributed by atoms with Crippen LogP contribution in [-0.4, -0.2) is 62.4 Å². The molecular formula is C28H35N7O5S. The summed E-state index contributed by atoms with van der Waals surface area (Å²) in [7, 11) is 1.36. The number of fused-ring (bicyclic) bond motifs is 1. The van der Waals surface area contributed by atoms with Crippen LogP contribution in [-0.2, 0) is 23.6 Å². The Morgan fingerprint density at radius 1 is 1.00 bits per heavy atom. The van der Waals surface area contributed by atoms with Gasteiger partial charge in [-0.05, 0) is 57.2 Å². The van der Waals surface area contributed by atoms with Crippen molar-refractivity contribution in [3.8, 4) is 34.4 Å². The van der Waals surface area contributed by atoms with Crippen molar-refractivity contribution in [1.82, 2.24) is 33.9 Å². The Hall–Kier alpha value is -3.68. The molecular weight excluding hydrogens is 546 g/mol. The van der Waals surface area contributed by atoms with Crippen molar-refractivity contribution in [3.05, 3.63) is 62.8 Å². The van der Waals surface area contributed by atoms with Gasteiger partial charge < -0.3 is 9.73 Å². The minimum atomic E-state index is -3.20. The Morgan fingerprint density at radius 3 is 2.29 bits per heavy atom. The van der Waals surface area contributed by atoms with E-state index in [-0.39, 0.29) is 28.6 Å². The molecule has 0 saturated heterocycles. The first kappa shape index (κ1) is 28.8. The van der Waals surface area contributed by atoms with Crippen LogP contribution in [0.25, 0.3) is 34.4 Å². The van der Waals surface area contributed by atoms with Crippen LogP contribution in [0.2, 0.25) is 0 Å². The molecule has 41 heavy (non-hydrogen) atoms. The van der Waals surface area contributed by atoms with Crippen molar-refractivity contribution in [3.63, 3.8) is 0 Å². The molecule has 5 rings (SSSR count). The monoisotopic (exact) mass is 581 g/mol. The molecule has 1 aliphatic carbocycles. The van der Waals surface area contributed by atoms with E-state index in [4.69, 9.17) is 4.42 Å². The van der Waals surface area contributed by atoms with Crippen molar-refractivity contribution in [2.75, 3.05) is 14.1 Å². The lowest BCUT2D eigenvalue weighted by Crippen LogP contribution is -2.40. The summed E-state index contributed by atoms with van der Waals surface area (Å²) < 4.78 is 34.6. The molecule has 0 unspecified atom stereocenters. The third-order valence-electron chi connectivity index (χ3n) is 7.60. The van der Waals surface area contributed by atoms with Crippen LogP contribution in [0.3, 0.4) is 0 Å². The summed E-state index contributed by atoms with van der Waals surface area (Å²) in [5.41, 5.74) is 0.838. The zero-order valence-corrected chi connectivity index (χ0v) is 24.7. The van der Waals surface area contributed by atoms with Crippen molar-refractivity contribution in [2.45, 2.75) is 63.4 Å². The number of sulfonamides is 1. The lowest BCUT2D eigenvalue weighted by atomic mass is 9.95. The average molecular weight is 582 g/mol. The summed E-state index contributed by atoms with van der Waals surface area (Å²) in [6.07, 6.45) is 3.00. The molecule has 12 nitrogen and oxygen atoms in total. The van der Waals surface area contributed by atoms with E-state index in [9.17, 15) is 18.0 Å². The summed E-state index contributed by atoms with van der Waals surface area (Å²) in [5.74, 6) is 1.38. The summed E-state index contributed by atoms with van der Waals surface area (Å²) in [4.78, 5) is 33.3. The third kappa shape index (κ3) is 5.74. The molecule has 1 fully saturated rings. The Morgan fingerprint density at radius 2 is 1.66 bits per heavy atom. The molecule has 3 heterocycles. The summed E-state index contributed by atoms with van der Waals surface area (Å²) >= 11 is 0. The lowest BCUT2D eigenvalue weighted by molar-refractivity contribution is 0.363. The van der Waals surface area contributed by atoms with E-state index in [1.165, 1.54) is 16.0 Å². The second-order valence-corrected chi connectivity index (χ2v) is 13.4. The molecule has 0 atom stereocenters. The van der Waals surface area contributed by atoms with Gasteiger partial charge in [-0.2, -0.15) is 4.98 Å². The summed E-state index contributed by atoms with van der Waals surface area (Å²) in [6, 6.07) is 11.7. The lowest BCUT2D eigenvalue weighted by Gasteiger charge is -2.30. The highest BCUT2D eigenvalue weighted by Crippen LogP contribution is 2.29. The van der Waals surface area contributed by atoms with Crippen LogP contribution in [0.5, 0.6) is 0 Å². The van der Waals surface area contributed by atoms with Crippen molar-refractivity contribution in [2.24, 2.45) is 7.05 Å². The molecule has 1 saturated carbocycles. The quantitative estimate of drug-likeness (QED) is 0.332. The highest BCUT2D eigenvalue weighted by molar-refractivity contribution is 7.89. The number of nitrogens with zero attached hydrogens (tertiary/aromatic N) is 6. The van der Waals surface area contributed by atoms with Gasteiger partial charge in [-0.3, -0.25) is 9.36 Å². The van der Waals surface area contributed by atoms with Crippen LogP contribution in [0.4, 0.5) is 0 Å². The number of hydrogen-bond donors (Lipinski definition) is 1. The fourth-order valence-electron chi connectivity index (χ4n) is 5.08. The van der Waals surface area contributed by atoms with Crippen LogP contribution >= 0.6 is 0 Å². The Kier molecular flexibility index (Phi) is 7.95. The van der Waals surface area contributed by atoms with Gasteiger partial charge >= 0.3 is 5.69 Å². The maximum Gasteiger partial charge on any atom is 0.352 e. The number of nitrogens with one attached hydrogen (secondary N) is 1. The topological polar surface area (TPSA) is 145 Å². The molecule has 2 aromatic rings. The molecule has 1 aromatic carbocycles. The zero-order chi connectivity index (χ0) is 29.5. The molecule has 13 heteroatoms. The standard InChI is InChI=1S/C28H35N7O5S/c1-17(2)35-26-24(27(36)34(5)28(37)31-26)30-25(32-35)23-15-14-22(40-23)19-8-6-18(7-9-19)16-29-20-10-12-21(13-11-20)41(38,39)33(3)4/h6-9,14-15,17,20-21,29H,10-13,16H2,1-5H3. The van der Waals surface area contributed by atoms with E-state index in [1.54, 1.807) is 20.2 Å². The molecule has 0 radical (unpaired) electrons. The minimum absolute atomic E-state index is 0.0495. The zero-order valence-electron chi connectivity index (χ0n) is 23.9. The summed E-state index contributed by atoms with van der Waals surface area (Å²) in [6.45, 7) is 4.45. The normalized spacial score (nSPS) is 18.0. The van der Waals surface area contributed by atoms with Gasteiger partial charge in [-0.15, -0.1) is 5.10 Å². The Balaban J connectivity index is 1.28. The van der Waals surface area contributed by atoms with Crippen molar-refractivity contribution >= 4 is 10.0 Å². The first-order valence-electron chi connectivity index (χ1n) is 13.7. The van der Waals surface area contributed by atoms with Gasteiger partial charge in [0.1, 0.15) is 5.76 Å². The molecule has 218 valence electrons. The van der Waals surface area contributed by atoms with E-state index in [2.05, 4.69) is 20.4 Å². The van der Waals surface area contributed by atoms with E-state index >= 15 is 0 Å². The van der Waals surface area contributed by atoms with E-state index in [1.807, 2.05) is 44.2 Å². The van der Waals surface area contributed by atoms with Crippen LogP contribution in [0.1, 0.15) is 51.1 Å². The molecule has 1 N–H and O–H groups in total. The Bertz CT molecular complexity index is 1730. The van der Waals surface area contributed by atoms with E-state index in [0.29, 0.717) is 36.9 Å². The van der Waals surface area contributed by atoms with Crippen LogP contribution in [0, 0.1) is 0 Å². The maximum absolute atomic E-state index is 12.8. The molecule has 0 bridgehead atoms. The molecule has 1 aromatic heterocycles. The van der Waals surface area contributed by atoms with Gasteiger partial charge in [0.2, 0.25) is 15.8 Å². The Labute approximate surface area is 238 Å². The fourth-order valence-corrected chi connectivity index (χ4v) is 6.55. The van der Waals surface area contributed by atoms with Gasteiger partial charge in [-0.25, -0.2) is 27.2 Å². The number of benzene rings is 1. The first-order valence-corrected chi connectivity index (χ1v) is 15.2. The SMILES string of the molecule is CC(C)n1nc(-c2ccc(-c3ccc(CNC4CCC(S(=O)(=O)N(C)C)CC4)cc3)o2)nc2c(=O)n(C)c(=O)nc1-2. The van der Waals surface area contributed by atoms with Crippen molar-refractivity contribution < 1.29 is 12.8 Å². The minimum Gasteiger partial charge on any atom is -0.453 e. The summed E-state index contributed by atoms with van der Waals surface area (Å²) in [5, 5.41) is 7.78. The third-order valence-corrected chi connectivity index (χ3v) is 9.93. The maximum atomic E-state index is 12.8. The molecule has 2 aliphatic heterocycles. The molecule has 0 spiro atoms. The fraction of sp³-hybridized carbons (Fsp3) is 0.464. The smallest absolute Gasteiger partial charge is 0.352 e. The van der Waals surface area contributed by atoms with Gasteiger partial charge in [0.25, 0.3) is 5.56 Å². The first-order chi connectivity index (χ1) is 19.5. The van der Waals surface area contributed by atoms with Gasteiger partial charge in [-0.1, -0.05) is 24.3 Å². The second-order valence-electron chi connectivity index (χ2n) is 10.9. The molecule has 3 aliphatic rings. The predicted molar refractivity (Wildman–Crippen MR) is 155 cm³/mol. The van der Waals surface area contributed by atoms with E-state index < -0.39 is 21.3 Å². The highest BCUT2D eigenvalue weighted by atomic mass is 32.2.